The fourth-order valence-corrected chi connectivity index (χ4v) is 4.22. The third kappa shape index (κ3) is 4.24. The Morgan fingerprint density at radius 1 is 1.09 bits per heavy atom. The molecule has 174 valence electrons. The summed E-state index contributed by atoms with van der Waals surface area (Å²) in [6, 6.07) is 10.3. The number of nitrogens with one attached hydrogen (secondary N) is 1. The van der Waals surface area contributed by atoms with Crippen molar-refractivity contribution in [3.63, 3.8) is 0 Å². The molecule has 0 amide bonds. The Labute approximate surface area is 201 Å². The first-order valence-electron chi connectivity index (χ1n) is 10.7. The van der Waals surface area contributed by atoms with E-state index in [4.69, 9.17) is 16.6 Å². The molecule has 1 aromatic carbocycles. The van der Waals surface area contributed by atoms with Gasteiger partial charge in [0.05, 0.1) is 22.6 Å². The van der Waals surface area contributed by atoms with Gasteiger partial charge in [0, 0.05) is 29.6 Å². The summed E-state index contributed by atoms with van der Waals surface area (Å²) in [4.78, 5) is 38.4. The third-order valence-electron chi connectivity index (χ3n) is 5.72. The number of pyridine rings is 2. The lowest BCUT2D eigenvalue weighted by Crippen LogP contribution is -2.22. The molecular weight excluding hydrogens is 454 g/mol. The Kier molecular flexibility index (Phi) is 6.10. The van der Waals surface area contributed by atoms with E-state index in [0.717, 1.165) is 28.1 Å². The molecular formula is C25H24ClN5O3. The van der Waals surface area contributed by atoms with Crippen LogP contribution in [0, 0.1) is 20.8 Å². The number of rotatable bonds is 5. The SMILES string of the molecule is Cc1cc(C(C)Nc2ccc(Cl)nc2C(=O)O)c2nc(-c3ccc(C)nc3C)n(C)c(=O)c2c1. The van der Waals surface area contributed by atoms with Crippen molar-refractivity contribution in [1.29, 1.82) is 0 Å². The summed E-state index contributed by atoms with van der Waals surface area (Å²) in [7, 11) is 1.70. The van der Waals surface area contributed by atoms with Crippen LogP contribution in [0.15, 0.2) is 41.2 Å². The molecule has 9 heteroatoms. The van der Waals surface area contributed by atoms with Gasteiger partial charge in [-0.05, 0) is 63.6 Å². The van der Waals surface area contributed by atoms with Crippen LogP contribution in [0.3, 0.4) is 0 Å². The van der Waals surface area contributed by atoms with Crippen LogP contribution in [-0.2, 0) is 7.05 Å². The van der Waals surface area contributed by atoms with Crippen molar-refractivity contribution in [2.24, 2.45) is 7.05 Å². The van der Waals surface area contributed by atoms with Gasteiger partial charge in [-0.3, -0.25) is 14.3 Å². The molecule has 4 rings (SSSR count). The predicted octanol–water partition coefficient (Wildman–Crippen LogP) is 4.84. The Hall–Kier alpha value is -3.78. The smallest absolute Gasteiger partial charge is 0.356 e. The van der Waals surface area contributed by atoms with Crippen LogP contribution in [0.5, 0.6) is 0 Å². The molecule has 4 aromatic rings. The van der Waals surface area contributed by atoms with Crippen molar-refractivity contribution in [1.82, 2.24) is 19.5 Å². The van der Waals surface area contributed by atoms with E-state index in [2.05, 4.69) is 15.3 Å². The average molecular weight is 478 g/mol. The molecule has 34 heavy (non-hydrogen) atoms. The summed E-state index contributed by atoms with van der Waals surface area (Å²) < 4.78 is 1.54. The monoisotopic (exact) mass is 477 g/mol. The van der Waals surface area contributed by atoms with Gasteiger partial charge < -0.3 is 10.4 Å². The Bertz CT molecular complexity index is 1510. The molecule has 0 saturated carbocycles. The number of halogens is 1. The van der Waals surface area contributed by atoms with Gasteiger partial charge in [0.2, 0.25) is 0 Å². The number of hydrogen-bond donors (Lipinski definition) is 2. The number of hydrogen-bond acceptors (Lipinski definition) is 6. The van der Waals surface area contributed by atoms with Crippen LogP contribution in [-0.4, -0.2) is 30.6 Å². The maximum Gasteiger partial charge on any atom is 0.356 e. The van der Waals surface area contributed by atoms with Gasteiger partial charge in [0.15, 0.2) is 5.69 Å². The largest absolute Gasteiger partial charge is 0.476 e. The van der Waals surface area contributed by atoms with Crippen molar-refractivity contribution in [2.75, 3.05) is 5.32 Å². The zero-order valence-electron chi connectivity index (χ0n) is 19.5. The van der Waals surface area contributed by atoms with Crippen LogP contribution in [0.25, 0.3) is 22.3 Å². The second-order valence-corrected chi connectivity index (χ2v) is 8.72. The topological polar surface area (TPSA) is 110 Å². The van der Waals surface area contributed by atoms with E-state index in [1.54, 1.807) is 13.1 Å². The second kappa shape index (κ2) is 8.87. The van der Waals surface area contributed by atoms with Gasteiger partial charge >= 0.3 is 5.97 Å². The van der Waals surface area contributed by atoms with Gasteiger partial charge in [-0.2, -0.15) is 0 Å². The molecule has 0 spiro atoms. The number of nitrogens with zero attached hydrogens (tertiary/aromatic N) is 4. The van der Waals surface area contributed by atoms with E-state index in [1.165, 1.54) is 10.6 Å². The number of anilines is 1. The van der Waals surface area contributed by atoms with Crippen molar-refractivity contribution in [3.05, 3.63) is 80.1 Å². The first kappa shape index (κ1) is 23.4. The highest BCUT2D eigenvalue weighted by molar-refractivity contribution is 6.29. The highest BCUT2D eigenvalue weighted by Gasteiger charge is 2.20. The zero-order chi connectivity index (χ0) is 24.7. The van der Waals surface area contributed by atoms with Crippen molar-refractivity contribution in [3.8, 4) is 11.4 Å². The molecule has 8 nitrogen and oxygen atoms in total. The normalized spacial score (nSPS) is 12.1. The number of fused-ring (bicyclic) bond motifs is 1. The number of benzene rings is 1. The minimum atomic E-state index is -1.19. The Morgan fingerprint density at radius 3 is 2.50 bits per heavy atom. The quantitative estimate of drug-likeness (QED) is 0.395. The summed E-state index contributed by atoms with van der Waals surface area (Å²) >= 11 is 5.89. The van der Waals surface area contributed by atoms with E-state index in [-0.39, 0.29) is 22.4 Å². The third-order valence-corrected chi connectivity index (χ3v) is 5.93. The highest BCUT2D eigenvalue weighted by atomic mass is 35.5. The van der Waals surface area contributed by atoms with Gasteiger partial charge in [-0.25, -0.2) is 14.8 Å². The van der Waals surface area contributed by atoms with Crippen LogP contribution in [0.1, 0.15) is 46.0 Å². The summed E-state index contributed by atoms with van der Waals surface area (Å²) in [5.74, 6) is -0.679. The van der Waals surface area contributed by atoms with E-state index in [1.807, 2.05) is 52.0 Å². The van der Waals surface area contributed by atoms with Gasteiger partial charge in [-0.15, -0.1) is 0 Å². The van der Waals surface area contributed by atoms with Crippen molar-refractivity contribution >= 4 is 34.2 Å². The van der Waals surface area contributed by atoms with E-state index in [0.29, 0.717) is 22.4 Å². The lowest BCUT2D eigenvalue weighted by Gasteiger charge is -2.20. The molecule has 1 atom stereocenters. The maximum atomic E-state index is 13.3. The fourth-order valence-electron chi connectivity index (χ4n) is 4.07. The van der Waals surface area contributed by atoms with Crippen molar-refractivity contribution < 1.29 is 9.90 Å². The van der Waals surface area contributed by atoms with Crippen LogP contribution >= 0.6 is 11.6 Å². The van der Waals surface area contributed by atoms with Crippen LogP contribution < -0.4 is 10.9 Å². The second-order valence-electron chi connectivity index (χ2n) is 8.34. The number of carboxylic acid groups (broad SMARTS) is 1. The lowest BCUT2D eigenvalue weighted by atomic mass is 10.0. The summed E-state index contributed by atoms with van der Waals surface area (Å²) in [6.07, 6.45) is 0. The molecule has 0 radical (unpaired) electrons. The molecule has 3 aromatic heterocycles. The predicted molar refractivity (Wildman–Crippen MR) is 133 cm³/mol. The number of aromatic nitrogens is 4. The highest BCUT2D eigenvalue weighted by Crippen LogP contribution is 2.30. The number of aryl methyl sites for hydroxylation is 3. The van der Waals surface area contributed by atoms with E-state index in [9.17, 15) is 14.7 Å². The molecule has 3 heterocycles. The molecule has 0 aliphatic heterocycles. The Balaban J connectivity index is 1.91. The van der Waals surface area contributed by atoms with Gasteiger partial charge in [0.1, 0.15) is 11.0 Å². The molecule has 0 bridgehead atoms. The number of carboxylic acids is 1. The number of aromatic carboxylic acids is 1. The van der Waals surface area contributed by atoms with Crippen LogP contribution in [0.2, 0.25) is 5.15 Å². The summed E-state index contributed by atoms with van der Waals surface area (Å²) in [5.41, 5.74) is 4.60. The molecule has 0 saturated heterocycles. The minimum Gasteiger partial charge on any atom is -0.476 e. The summed E-state index contributed by atoms with van der Waals surface area (Å²) in [6.45, 7) is 7.59. The first-order valence-corrected chi connectivity index (χ1v) is 11.1. The average Bonchev–Trinajstić information content (AvgIpc) is 2.77. The molecule has 1 unspecified atom stereocenters. The van der Waals surface area contributed by atoms with Gasteiger partial charge in [-0.1, -0.05) is 17.7 Å². The standard InChI is InChI=1S/C25H24ClN5O3/c1-12-10-17(15(4)28-19-8-9-20(26)29-22(19)25(33)34)21-18(11-12)24(32)31(5)23(30-21)16-7-6-13(2)27-14(16)3/h6-11,15,28H,1-5H3,(H,33,34). The minimum absolute atomic E-state index is 0.0912. The zero-order valence-corrected chi connectivity index (χ0v) is 20.2. The van der Waals surface area contributed by atoms with Crippen molar-refractivity contribution in [2.45, 2.75) is 33.7 Å². The molecule has 0 aliphatic carbocycles. The van der Waals surface area contributed by atoms with E-state index >= 15 is 0 Å². The lowest BCUT2D eigenvalue weighted by molar-refractivity contribution is 0.0691. The molecule has 0 aliphatic rings. The number of carbonyl (C=O) groups is 1. The van der Waals surface area contributed by atoms with Crippen LogP contribution in [0.4, 0.5) is 5.69 Å². The first-order chi connectivity index (χ1) is 16.1. The fraction of sp³-hybridized carbons (Fsp3) is 0.240. The summed E-state index contributed by atoms with van der Waals surface area (Å²) in [5, 5.41) is 13.3. The molecule has 0 fully saturated rings. The van der Waals surface area contributed by atoms with Gasteiger partial charge in [0.25, 0.3) is 5.56 Å². The Morgan fingerprint density at radius 2 is 1.82 bits per heavy atom. The van der Waals surface area contributed by atoms with E-state index < -0.39 is 5.97 Å². The maximum absolute atomic E-state index is 13.3. The molecule has 2 N–H and O–H groups in total.